The summed E-state index contributed by atoms with van der Waals surface area (Å²) in [6.07, 6.45) is 6.90. The highest BCUT2D eigenvalue weighted by Crippen LogP contribution is 2.26. The van der Waals surface area contributed by atoms with Gasteiger partial charge in [0.2, 0.25) is 21.8 Å². The predicted molar refractivity (Wildman–Crippen MR) is 173 cm³/mol. The average Bonchev–Trinajstić information content (AvgIpc) is 3.00. The number of hydrogen-bond donors (Lipinski definition) is 1. The Morgan fingerprint density at radius 1 is 0.909 bits per heavy atom. The van der Waals surface area contributed by atoms with Crippen molar-refractivity contribution in [3.05, 3.63) is 101 Å². The molecule has 1 fully saturated rings. The van der Waals surface area contributed by atoms with Gasteiger partial charge in [-0.05, 0) is 73.6 Å². The first kappa shape index (κ1) is 33.2. The first-order valence-corrected chi connectivity index (χ1v) is 17.3. The van der Waals surface area contributed by atoms with Crippen molar-refractivity contribution < 1.29 is 22.4 Å². The van der Waals surface area contributed by atoms with Crippen molar-refractivity contribution in [3.63, 3.8) is 0 Å². The Morgan fingerprint density at radius 3 is 2.25 bits per heavy atom. The van der Waals surface area contributed by atoms with Gasteiger partial charge >= 0.3 is 0 Å². The minimum absolute atomic E-state index is 0.0417. The normalized spacial score (nSPS) is 14.5. The molecule has 1 aliphatic rings. The molecular formula is C35H44FN3O4S. The first-order chi connectivity index (χ1) is 21.0. The number of rotatable bonds is 13. The zero-order valence-corrected chi connectivity index (χ0v) is 26.8. The Balaban J connectivity index is 1.60. The number of carbonyl (C=O) groups is 2. The van der Waals surface area contributed by atoms with Gasteiger partial charge in [-0.3, -0.25) is 13.9 Å². The monoisotopic (exact) mass is 621 g/mol. The smallest absolute Gasteiger partial charge is 0.243 e. The molecule has 44 heavy (non-hydrogen) atoms. The van der Waals surface area contributed by atoms with Crippen molar-refractivity contribution in [3.8, 4) is 0 Å². The van der Waals surface area contributed by atoms with Crippen LogP contribution in [0, 0.1) is 19.7 Å². The molecule has 0 aromatic heterocycles. The summed E-state index contributed by atoms with van der Waals surface area (Å²) < 4.78 is 40.7. The second-order valence-electron chi connectivity index (χ2n) is 11.9. The lowest BCUT2D eigenvalue weighted by atomic mass is 9.94. The van der Waals surface area contributed by atoms with Crippen molar-refractivity contribution in [1.82, 2.24) is 10.2 Å². The van der Waals surface area contributed by atoms with Gasteiger partial charge in [0.15, 0.2) is 0 Å². The Kier molecular flexibility index (Phi) is 11.6. The SMILES string of the molecule is Cc1cccc(N(CCCC(=O)N(Cc2ccc(F)cc2)[C@@H](Cc2ccccc2)C(=O)NC2CCCCC2)S(C)(=O)=O)c1C. The number of halogens is 1. The Morgan fingerprint density at radius 2 is 1.59 bits per heavy atom. The fraction of sp³-hybridized carbons (Fsp3) is 0.429. The maximum absolute atomic E-state index is 14.0. The third-order valence-electron chi connectivity index (χ3n) is 8.49. The highest BCUT2D eigenvalue weighted by atomic mass is 32.2. The number of amides is 2. The number of nitrogens with one attached hydrogen (secondary N) is 1. The van der Waals surface area contributed by atoms with Crippen LogP contribution in [0.5, 0.6) is 0 Å². The lowest BCUT2D eigenvalue weighted by Crippen LogP contribution is -2.52. The zero-order valence-electron chi connectivity index (χ0n) is 26.0. The van der Waals surface area contributed by atoms with Crippen molar-refractivity contribution in [2.45, 2.75) is 83.8 Å². The predicted octanol–water partition coefficient (Wildman–Crippen LogP) is 6.08. The standard InChI is InChI=1S/C35H44FN3O4S/c1-26-12-10-17-32(27(26)2)39(44(3,42)43)23-11-18-34(40)38(25-29-19-21-30(36)22-20-29)33(24-28-13-6-4-7-14-28)35(41)37-31-15-8-5-9-16-31/h4,6-7,10,12-14,17,19-22,31,33H,5,8-9,11,15-16,18,23-25H2,1-3H3,(H,37,41)/t33-/m0/s1. The average molecular weight is 622 g/mol. The van der Waals surface area contributed by atoms with E-state index in [1.165, 1.54) is 22.7 Å². The molecule has 1 aliphatic carbocycles. The highest BCUT2D eigenvalue weighted by molar-refractivity contribution is 7.92. The molecular weight excluding hydrogens is 577 g/mol. The van der Waals surface area contributed by atoms with E-state index in [1.807, 2.05) is 56.3 Å². The van der Waals surface area contributed by atoms with Crippen LogP contribution in [0.15, 0.2) is 72.8 Å². The van der Waals surface area contributed by atoms with Crippen LogP contribution < -0.4 is 9.62 Å². The molecule has 0 bridgehead atoms. The maximum atomic E-state index is 14.0. The van der Waals surface area contributed by atoms with Crippen LogP contribution in [0.4, 0.5) is 10.1 Å². The van der Waals surface area contributed by atoms with Crippen LogP contribution in [0.2, 0.25) is 0 Å². The molecule has 0 aliphatic heterocycles. The maximum Gasteiger partial charge on any atom is 0.243 e. The summed E-state index contributed by atoms with van der Waals surface area (Å²) in [6.45, 7) is 4.07. The van der Waals surface area contributed by atoms with Gasteiger partial charge < -0.3 is 10.2 Å². The van der Waals surface area contributed by atoms with Crippen molar-refractivity contribution >= 4 is 27.5 Å². The molecule has 0 spiro atoms. The Labute approximate surface area is 261 Å². The molecule has 3 aromatic rings. The molecule has 1 N–H and O–H groups in total. The van der Waals surface area contributed by atoms with E-state index in [1.54, 1.807) is 23.1 Å². The number of sulfonamides is 1. The van der Waals surface area contributed by atoms with Gasteiger partial charge in [0.25, 0.3) is 0 Å². The van der Waals surface area contributed by atoms with Crippen LogP contribution in [0.1, 0.15) is 67.2 Å². The summed E-state index contributed by atoms with van der Waals surface area (Å²) >= 11 is 0. The van der Waals surface area contributed by atoms with E-state index >= 15 is 0 Å². The van der Waals surface area contributed by atoms with Gasteiger partial charge in [0, 0.05) is 32.0 Å². The molecule has 1 saturated carbocycles. The van der Waals surface area contributed by atoms with Crippen molar-refractivity contribution in [1.29, 1.82) is 0 Å². The molecule has 236 valence electrons. The molecule has 4 rings (SSSR count). The summed E-state index contributed by atoms with van der Waals surface area (Å²) in [5.41, 5.74) is 4.06. The molecule has 2 amide bonds. The highest BCUT2D eigenvalue weighted by Gasteiger charge is 2.32. The topological polar surface area (TPSA) is 86.8 Å². The minimum Gasteiger partial charge on any atom is -0.352 e. The molecule has 0 saturated heterocycles. The number of anilines is 1. The van der Waals surface area contributed by atoms with E-state index in [2.05, 4.69) is 5.32 Å². The van der Waals surface area contributed by atoms with E-state index in [-0.39, 0.29) is 49.6 Å². The molecule has 0 unspecified atom stereocenters. The molecule has 0 radical (unpaired) electrons. The van der Waals surface area contributed by atoms with Gasteiger partial charge in [-0.15, -0.1) is 0 Å². The number of benzene rings is 3. The minimum atomic E-state index is -3.61. The summed E-state index contributed by atoms with van der Waals surface area (Å²) in [7, 11) is -3.61. The fourth-order valence-corrected chi connectivity index (χ4v) is 6.89. The number of nitrogens with zero attached hydrogens (tertiary/aromatic N) is 2. The molecule has 1 atom stereocenters. The molecule has 9 heteroatoms. The van der Waals surface area contributed by atoms with Gasteiger partial charge in [0.1, 0.15) is 11.9 Å². The van der Waals surface area contributed by atoms with E-state index in [9.17, 15) is 22.4 Å². The van der Waals surface area contributed by atoms with Crippen molar-refractivity contribution in [2.24, 2.45) is 0 Å². The van der Waals surface area contributed by atoms with Gasteiger partial charge in [-0.25, -0.2) is 12.8 Å². The first-order valence-electron chi connectivity index (χ1n) is 15.4. The lowest BCUT2D eigenvalue weighted by molar-refractivity contribution is -0.141. The Bertz CT molecular complexity index is 1510. The van der Waals surface area contributed by atoms with Crippen LogP contribution in [-0.2, 0) is 32.6 Å². The number of hydrogen-bond acceptors (Lipinski definition) is 4. The second kappa shape index (κ2) is 15.3. The van der Waals surface area contributed by atoms with E-state index < -0.39 is 16.1 Å². The molecule has 3 aromatic carbocycles. The van der Waals surface area contributed by atoms with Gasteiger partial charge in [-0.2, -0.15) is 0 Å². The van der Waals surface area contributed by atoms with E-state index in [0.717, 1.165) is 48.8 Å². The summed E-state index contributed by atoms with van der Waals surface area (Å²) in [6, 6.07) is 20.4. The largest absolute Gasteiger partial charge is 0.352 e. The lowest BCUT2D eigenvalue weighted by Gasteiger charge is -2.34. The van der Waals surface area contributed by atoms with Crippen LogP contribution >= 0.6 is 0 Å². The quantitative estimate of drug-likeness (QED) is 0.251. The summed E-state index contributed by atoms with van der Waals surface area (Å²) in [5, 5.41) is 3.22. The van der Waals surface area contributed by atoms with Crippen molar-refractivity contribution in [2.75, 3.05) is 17.1 Å². The van der Waals surface area contributed by atoms with Crippen LogP contribution in [0.3, 0.4) is 0 Å². The molecule has 7 nitrogen and oxygen atoms in total. The van der Waals surface area contributed by atoms with E-state index in [4.69, 9.17) is 0 Å². The van der Waals surface area contributed by atoms with Crippen LogP contribution in [0.25, 0.3) is 0 Å². The van der Waals surface area contributed by atoms with Crippen LogP contribution in [-0.4, -0.2) is 50.0 Å². The zero-order chi connectivity index (χ0) is 31.7. The number of carbonyl (C=O) groups excluding carboxylic acids is 2. The summed E-state index contributed by atoms with van der Waals surface area (Å²) in [4.78, 5) is 29.5. The Hall–Kier alpha value is -3.72. The third-order valence-corrected chi connectivity index (χ3v) is 9.67. The van der Waals surface area contributed by atoms with Gasteiger partial charge in [0.05, 0.1) is 11.9 Å². The summed E-state index contributed by atoms with van der Waals surface area (Å²) in [5.74, 6) is -0.845. The fourth-order valence-electron chi connectivity index (χ4n) is 5.87. The number of aryl methyl sites for hydroxylation is 1. The van der Waals surface area contributed by atoms with Gasteiger partial charge in [-0.1, -0.05) is 73.9 Å². The van der Waals surface area contributed by atoms with E-state index in [0.29, 0.717) is 17.7 Å². The molecule has 0 heterocycles. The third kappa shape index (κ3) is 9.14. The second-order valence-corrected chi connectivity index (χ2v) is 13.8.